The SMILES string of the molecule is C[C@H](N)c1ccc(N(C)C(C)(C)CO)cc1Br. The van der Waals surface area contributed by atoms with Gasteiger partial charge in [-0.05, 0) is 38.5 Å². The minimum Gasteiger partial charge on any atom is -0.394 e. The summed E-state index contributed by atoms with van der Waals surface area (Å²) in [6.45, 7) is 6.07. The number of aliphatic hydroxyl groups is 1. The second-order valence-electron chi connectivity index (χ2n) is 5.02. The Hall–Kier alpha value is -0.580. The van der Waals surface area contributed by atoms with Crippen LogP contribution in [0.5, 0.6) is 0 Å². The van der Waals surface area contributed by atoms with E-state index in [1.165, 1.54) is 0 Å². The van der Waals surface area contributed by atoms with Crippen LogP contribution in [-0.4, -0.2) is 24.3 Å². The molecule has 0 unspecified atom stereocenters. The van der Waals surface area contributed by atoms with Gasteiger partial charge >= 0.3 is 0 Å². The van der Waals surface area contributed by atoms with Crippen molar-refractivity contribution in [3.8, 4) is 0 Å². The molecule has 17 heavy (non-hydrogen) atoms. The molecular formula is C13H21BrN2O. The molecule has 0 saturated heterocycles. The third-order valence-corrected chi connectivity index (χ3v) is 3.84. The molecule has 0 fully saturated rings. The minimum absolute atomic E-state index is 0.00887. The first-order valence-corrected chi connectivity index (χ1v) is 6.48. The summed E-state index contributed by atoms with van der Waals surface area (Å²) in [4.78, 5) is 2.06. The molecule has 0 aromatic heterocycles. The van der Waals surface area contributed by atoms with Gasteiger partial charge in [0.25, 0.3) is 0 Å². The standard InChI is InChI=1S/C13H21BrN2O/c1-9(15)11-6-5-10(7-12(11)14)16(4)13(2,3)8-17/h5-7,9,17H,8,15H2,1-4H3/t9-/m0/s1. The topological polar surface area (TPSA) is 49.5 Å². The second-order valence-corrected chi connectivity index (χ2v) is 5.88. The molecule has 4 heteroatoms. The number of likely N-dealkylation sites (N-methyl/N-ethyl adjacent to an activating group) is 1. The van der Waals surface area contributed by atoms with Gasteiger partial charge in [-0.2, -0.15) is 0 Å². The lowest BCUT2D eigenvalue weighted by atomic mass is 10.0. The third kappa shape index (κ3) is 3.21. The number of anilines is 1. The molecule has 0 heterocycles. The van der Waals surface area contributed by atoms with E-state index in [9.17, 15) is 5.11 Å². The molecule has 0 aliphatic heterocycles. The fourth-order valence-electron chi connectivity index (χ4n) is 1.55. The molecule has 0 aliphatic carbocycles. The van der Waals surface area contributed by atoms with E-state index in [4.69, 9.17) is 5.73 Å². The quantitative estimate of drug-likeness (QED) is 0.899. The summed E-state index contributed by atoms with van der Waals surface area (Å²) in [5.41, 5.74) is 7.73. The summed E-state index contributed by atoms with van der Waals surface area (Å²) in [6, 6.07) is 6.10. The number of halogens is 1. The number of benzene rings is 1. The Bertz CT molecular complexity index is 391. The number of hydrogen-bond acceptors (Lipinski definition) is 3. The van der Waals surface area contributed by atoms with Gasteiger partial charge in [-0.15, -0.1) is 0 Å². The Morgan fingerprint density at radius 1 is 1.47 bits per heavy atom. The summed E-state index contributed by atoms with van der Waals surface area (Å²) in [7, 11) is 1.98. The molecule has 0 spiro atoms. The normalized spacial score (nSPS) is 13.6. The van der Waals surface area contributed by atoms with Crippen molar-refractivity contribution < 1.29 is 5.11 Å². The van der Waals surface area contributed by atoms with Gasteiger partial charge in [0.05, 0.1) is 12.1 Å². The highest BCUT2D eigenvalue weighted by molar-refractivity contribution is 9.10. The highest BCUT2D eigenvalue weighted by Gasteiger charge is 2.23. The summed E-state index contributed by atoms with van der Waals surface area (Å²) in [5.74, 6) is 0. The van der Waals surface area contributed by atoms with Crippen LogP contribution in [0.4, 0.5) is 5.69 Å². The van der Waals surface area contributed by atoms with E-state index in [1.54, 1.807) is 0 Å². The van der Waals surface area contributed by atoms with Gasteiger partial charge in [0.15, 0.2) is 0 Å². The summed E-state index contributed by atoms with van der Waals surface area (Å²) in [6.07, 6.45) is 0. The molecule has 3 nitrogen and oxygen atoms in total. The van der Waals surface area contributed by atoms with E-state index in [0.29, 0.717) is 0 Å². The molecule has 1 aromatic rings. The predicted octanol–water partition coefficient (Wildman–Crippen LogP) is 2.68. The zero-order chi connectivity index (χ0) is 13.2. The zero-order valence-corrected chi connectivity index (χ0v) is 12.5. The molecule has 96 valence electrons. The first-order chi connectivity index (χ1) is 7.79. The average Bonchev–Trinajstić information content (AvgIpc) is 2.27. The lowest BCUT2D eigenvalue weighted by molar-refractivity contribution is 0.216. The molecule has 0 radical (unpaired) electrons. The van der Waals surface area contributed by atoms with Crippen LogP contribution in [0.3, 0.4) is 0 Å². The maximum atomic E-state index is 9.36. The summed E-state index contributed by atoms with van der Waals surface area (Å²) >= 11 is 3.54. The Kier molecular flexibility index (Phi) is 4.58. The Morgan fingerprint density at radius 3 is 2.47 bits per heavy atom. The van der Waals surface area contributed by atoms with Crippen molar-refractivity contribution in [1.82, 2.24) is 0 Å². The number of nitrogens with two attached hydrogens (primary N) is 1. The van der Waals surface area contributed by atoms with Gasteiger partial charge in [-0.3, -0.25) is 0 Å². The maximum Gasteiger partial charge on any atom is 0.0658 e. The highest BCUT2D eigenvalue weighted by atomic mass is 79.9. The van der Waals surface area contributed by atoms with E-state index in [1.807, 2.05) is 46.0 Å². The van der Waals surface area contributed by atoms with Crippen molar-refractivity contribution in [2.75, 3.05) is 18.6 Å². The van der Waals surface area contributed by atoms with Gasteiger partial charge in [0, 0.05) is 23.2 Å². The Labute approximate surface area is 112 Å². The van der Waals surface area contributed by atoms with Crippen LogP contribution in [0.15, 0.2) is 22.7 Å². The van der Waals surface area contributed by atoms with Crippen molar-refractivity contribution in [1.29, 1.82) is 0 Å². The van der Waals surface area contributed by atoms with Gasteiger partial charge < -0.3 is 15.7 Å². The van der Waals surface area contributed by atoms with Crippen LogP contribution < -0.4 is 10.6 Å². The minimum atomic E-state index is -0.282. The highest BCUT2D eigenvalue weighted by Crippen LogP contribution is 2.29. The van der Waals surface area contributed by atoms with Crippen LogP contribution >= 0.6 is 15.9 Å². The zero-order valence-electron chi connectivity index (χ0n) is 10.9. The fraction of sp³-hybridized carbons (Fsp3) is 0.538. The van der Waals surface area contributed by atoms with Crippen molar-refractivity contribution >= 4 is 21.6 Å². The van der Waals surface area contributed by atoms with Crippen molar-refractivity contribution in [3.05, 3.63) is 28.2 Å². The fourth-order valence-corrected chi connectivity index (χ4v) is 2.28. The van der Waals surface area contributed by atoms with E-state index in [0.717, 1.165) is 15.7 Å². The first-order valence-electron chi connectivity index (χ1n) is 5.69. The van der Waals surface area contributed by atoms with Gasteiger partial charge in [0.2, 0.25) is 0 Å². The lowest BCUT2D eigenvalue weighted by Crippen LogP contribution is -2.44. The van der Waals surface area contributed by atoms with Crippen LogP contribution in [0.25, 0.3) is 0 Å². The van der Waals surface area contributed by atoms with Crippen LogP contribution in [0.2, 0.25) is 0 Å². The molecule has 0 bridgehead atoms. The number of aliphatic hydroxyl groups excluding tert-OH is 1. The lowest BCUT2D eigenvalue weighted by Gasteiger charge is -2.36. The van der Waals surface area contributed by atoms with E-state index >= 15 is 0 Å². The Balaban J connectivity index is 3.06. The van der Waals surface area contributed by atoms with Crippen molar-refractivity contribution in [2.45, 2.75) is 32.4 Å². The van der Waals surface area contributed by atoms with Crippen molar-refractivity contribution in [3.63, 3.8) is 0 Å². The molecule has 0 amide bonds. The summed E-state index contributed by atoms with van der Waals surface area (Å²) in [5, 5.41) is 9.36. The number of rotatable bonds is 4. The number of nitrogens with zero attached hydrogens (tertiary/aromatic N) is 1. The third-order valence-electron chi connectivity index (χ3n) is 3.16. The van der Waals surface area contributed by atoms with Gasteiger partial charge in [-0.1, -0.05) is 22.0 Å². The molecule has 0 saturated carbocycles. The monoisotopic (exact) mass is 300 g/mol. The van der Waals surface area contributed by atoms with Crippen LogP contribution in [0.1, 0.15) is 32.4 Å². The smallest absolute Gasteiger partial charge is 0.0658 e. The van der Waals surface area contributed by atoms with Crippen LogP contribution in [0, 0.1) is 0 Å². The van der Waals surface area contributed by atoms with Crippen molar-refractivity contribution in [2.24, 2.45) is 5.73 Å². The second kappa shape index (κ2) is 5.38. The molecular weight excluding hydrogens is 280 g/mol. The van der Waals surface area contributed by atoms with Crippen LogP contribution in [-0.2, 0) is 0 Å². The molecule has 0 aliphatic rings. The average molecular weight is 301 g/mol. The van der Waals surface area contributed by atoms with E-state index in [2.05, 4.69) is 20.8 Å². The van der Waals surface area contributed by atoms with E-state index < -0.39 is 0 Å². The predicted molar refractivity (Wildman–Crippen MR) is 76.3 cm³/mol. The molecule has 1 rings (SSSR count). The first kappa shape index (κ1) is 14.5. The molecule has 1 atom stereocenters. The van der Waals surface area contributed by atoms with E-state index in [-0.39, 0.29) is 18.2 Å². The maximum absolute atomic E-state index is 9.36. The number of hydrogen-bond donors (Lipinski definition) is 2. The van der Waals surface area contributed by atoms with Gasteiger partial charge in [0.1, 0.15) is 0 Å². The molecule has 1 aromatic carbocycles. The van der Waals surface area contributed by atoms with Gasteiger partial charge in [-0.25, -0.2) is 0 Å². The largest absolute Gasteiger partial charge is 0.394 e. The Morgan fingerprint density at radius 2 is 2.06 bits per heavy atom. The summed E-state index contributed by atoms with van der Waals surface area (Å²) < 4.78 is 1.01. The molecule has 3 N–H and O–H groups in total.